The standard InChI is InChI=1S/C11H14BrNO2/c1-8-6-11(13-7-10(8)12)15-9-2-4-14-5-3-9/h6-7,9H,2-5H2,1H3. The Kier molecular flexibility index (Phi) is 3.59. The first-order chi connectivity index (χ1) is 7.25. The first-order valence-electron chi connectivity index (χ1n) is 5.12. The highest BCUT2D eigenvalue weighted by atomic mass is 79.9. The van der Waals surface area contributed by atoms with Crippen LogP contribution in [0.3, 0.4) is 0 Å². The maximum atomic E-state index is 5.78. The maximum absolute atomic E-state index is 5.78. The van der Waals surface area contributed by atoms with Crippen LogP contribution in [-0.4, -0.2) is 24.3 Å². The summed E-state index contributed by atoms with van der Waals surface area (Å²) in [6.07, 6.45) is 3.95. The molecule has 0 atom stereocenters. The second kappa shape index (κ2) is 4.94. The van der Waals surface area contributed by atoms with Gasteiger partial charge in [-0.05, 0) is 28.4 Å². The van der Waals surface area contributed by atoms with Crippen LogP contribution in [0.25, 0.3) is 0 Å². The second-order valence-corrected chi connectivity index (χ2v) is 4.56. The largest absolute Gasteiger partial charge is 0.474 e. The normalized spacial score (nSPS) is 17.7. The summed E-state index contributed by atoms with van der Waals surface area (Å²) in [6.45, 7) is 3.61. The molecule has 2 rings (SSSR count). The molecule has 4 heteroatoms. The highest BCUT2D eigenvalue weighted by Crippen LogP contribution is 2.21. The van der Waals surface area contributed by atoms with Crippen LogP contribution >= 0.6 is 15.9 Å². The number of halogens is 1. The van der Waals surface area contributed by atoms with Gasteiger partial charge in [-0.15, -0.1) is 0 Å². The molecule has 0 unspecified atom stereocenters. The molecule has 82 valence electrons. The van der Waals surface area contributed by atoms with Gasteiger partial charge in [-0.25, -0.2) is 4.98 Å². The summed E-state index contributed by atoms with van der Waals surface area (Å²) in [4.78, 5) is 4.22. The van der Waals surface area contributed by atoms with Crippen LogP contribution in [0.4, 0.5) is 0 Å². The third-order valence-electron chi connectivity index (χ3n) is 2.48. The molecule has 15 heavy (non-hydrogen) atoms. The molecule has 1 aromatic rings. The summed E-state index contributed by atoms with van der Waals surface area (Å²) < 4.78 is 12.1. The summed E-state index contributed by atoms with van der Waals surface area (Å²) in [7, 11) is 0. The molecular weight excluding hydrogens is 258 g/mol. The topological polar surface area (TPSA) is 31.4 Å². The Bertz CT molecular complexity index is 337. The molecule has 0 amide bonds. The smallest absolute Gasteiger partial charge is 0.213 e. The summed E-state index contributed by atoms with van der Waals surface area (Å²) in [5.41, 5.74) is 1.15. The summed E-state index contributed by atoms with van der Waals surface area (Å²) in [5.74, 6) is 0.711. The molecule has 1 aromatic heterocycles. The van der Waals surface area contributed by atoms with Crippen molar-refractivity contribution in [3.63, 3.8) is 0 Å². The Morgan fingerprint density at radius 2 is 2.20 bits per heavy atom. The van der Waals surface area contributed by atoms with Gasteiger partial charge in [-0.2, -0.15) is 0 Å². The molecule has 2 heterocycles. The monoisotopic (exact) mass is 271 g/mol. The fourth-order valence-electron chi connectivity index (χ4n) is 1.54. The van der Waals surface area contributed by atoms with Gasteiger partial charge in [-0.1, -0.05) is 0 Å². The molecule has 0 bridgehead atoms. The van der Waals surface area contributed by atoms with Crippen molar-refractivity contribution in [2.75, 3.05) is 13.2 Å². The molecule has 0 saturated carbocycles. The molecule has 1 saturated heterocycles. The van der Waals surface area contributed by atoms with Crippen molar-refractivity contribution in [1.82, 2.24) is 4.98 Å². The quantitative estimate of drug-likeness (QED) is 0.829. The van der Waals surface area contributed by atoms with E-state index in [2.05, 4.69) is 20.9 Å². The maximum Gasteiger partial charge on any atom is 0.213 e. The highest BCUT2D eigenvalue weighted by Gasteiger charge is 2.15. The second-order valence-electron chi connectivity index (χ2n) is 3.70. The van der Waals surface area contributed by atoms with Crippen molar-refractivity contribution in [3.8, 4) is 5.88 Å². The van der Waals surface area contributed by atoms with Crippen molar-refractivity contribution in [1.29, 1.82) is 0 Å². The molecule has 0 N–H and O–H groups in total. The zero-order valence-corrected chi connectivity index (χ0v) is 10.3. The molecule has 1 fully saturated rings. The van der Waals surface area contributed by atoms with Crippen LogP contribution in [0.2, 0.25) is 0 Å². The van der Waals surface area contributed by atoms with E-state index in [1.165, 1.54) is 0 Å². The number of hydrogen-bond donors (Lipinski definition) is 0. The van der Waals surface area contributed by atoms with Gasteiger partial charge in [0.05, 0.1) is 13.2 Å². The number of pyridine rings is 1. The third kappa shape index (κ3) is 2.92. The van der Waals surface area contributed by atoms with Gasteiger partial charge in [0.25, 0.3) is 0 Å². The van der Waals surface area contributed by atoms with Crippen molar-refractivity contribution in [2.24, 2.45) is 0 Å². The molecule has 3 nitrogen and oxygen atoms in total. The van der Waals surface area contributed by atoms with E-state index in [0.717, 1.165) is 36.1 Å². The minimum atomic E-state index is 0.256. The predicted molar refractivity (Wildman–Crippen MR) is 61.1 cm³/mol. The average molecular weight is 272 g/mol. The first-order valence-corrected chi connectivity index (χ1v) is 5.91. The van der Waals surface area contributed by atoms with E-state index < -0.39 is 0 Å². The molecule has 0 radical (unpaired) electrons. The number of ether oxygens (including phenoxy) is 2. The Labute approximate surface area is 97.9 Å². The Morgan fingerprint density at radius 1 is 1.47 bits per heavy atom. The third-order valence-corrected chi connectivity index (χ3v) is 3.31. The van der Waals surface area contributed by atoms with Gasteiger partial charge < -0.3 is 9.47 Å². The van der Waals surface area contributed by atoms with Crippen LogP contribution in [0.1, 0.15) is 18.4 Å². The summed E-state index contributed by atoms with van der Waals surface area (Å²) in [6, 6.07) is 1.96. The van der Waals surface area contributed by atoms with Crippen molar-refractivity contribution < 1.29 is 9.47 Å². The molecule has 0 aliphatic carbocycles. The molecule has 1 aliphatic rings. The number of rotatable bonds is 2. The van der Waals surface area contributed by atoms with Crippen LogP contribution in [0, 0.1) is 6.92 Å². The SMILES string of the molecule is Cc1cc(OC2CCOCC2)ncc1Br. The van der Waals surface area contributed by atoms with Crippen molar-refractivity contribution in [3.05, 3.63) is 22.3 Å². The lowest BCUT2D eigenvalue weighted by molar-refractivity contribution is 0.0237. The lowest BCUT2D eigenvalue weighted by Gasteiger charge is -2.22. The molecule has 1 aliphatic heterocycles. The zero-order chi connectivity index (χ0) is 10.7. The lowest BCUT2D eigenvalue weighted by Crippen LogP contribution is -2.26. The van der Waals surface area contributed by atoms with E-state index in [1.807, 2.05) is 13.0 Å². The van der Waals surface area contributed by atoms with Gasteiger partial charge >= 0.3 is 0 Å². The minimum Gasteiger partial charge on any atom is -0.474 e. The van der Waals surface area contributed by atoms with E-state index in [1.54, 1.807) is 6.20 Å². The van der Waals surface area contributed by atoms with E-state index in [-0.39, 0.29) is 6.10 Å². The van der Waals surface area contributed by atoms with Gasteiger partial charge in [0.2, 0.25) is 5.88 Å². The number of nitrogens with zero attached hydrogens (tertiary/aromatic N) is 1. The highest BCUT2D eigenvalue weighted by molar-refractivity contribution is 9.10. The van der Waals surface area contributed by atoms with E-state index in [0.29, 0.717) is 5.88 Å². The Balaban J connectivity index is 2.00. The summed E-state index contributed by atoms with van der Waals surface area (Å²) >= 11 is 3.42. The van der Waals surface area contributed by atoms with Gasteiger partial charge in [0, 0.05) is 29.6 Å². The predicted octanol–water partition coefficient (Wildman–Crippen LogP) is 2.71. The fourth-order valence-corrected chi connectivity index (χ4v) is 1.76. The molecular formula is C11H14BrNO2. The molecule has 0 spiro atoms. The van der Waals surface area contributed by atoms with Crippen LogP contribution < -0.4 is 4.74 Å². The minimum absolute atomic E-state index is 0.256. The van der Waals surface area contributed by atoms with Crippen molar-refractivity contribution >= 4 is 15.9 Å². The lowest BCUT2D eigenvalue weighted by atomic mass is 10.1. The summed E-state index contributed by atoms with van der Waals surface area (Å²) in [5, 5.41) is 0. The van der Waals surface area contributed by atoms with Crippen molar-refractivity contribution in [2.45, 2.75) is 25.9 Å². The van der Waals surface area contributed by atoms with E-state index in [9.17, 15) is 0 Å². The Morgan fingerprint density at radius 3 is 2.87 bits per heavy atom. The number of aromatic nitrogens is 1. The first kappa shape index (κ1) is 10.9. The Hall–Kier alpha value is -0.610. The number of aryl methyl sites for hydroxylation is 1. The average Bonchev–Trinajstić information content (AvgIpc) is 2.25. The van der Waals surface area contributed by atoms with Crippen LogP contribution in [0.15, 0.2) is 16.7 Å². The van der Waals surface area contributed by atoms with Gasteiger partial charge in [0.15, 0.2) is 0 Å². The van der Waals surface area contributed by atoms with E-state index >= 15 is 0 Å². The fraction of sp³-hybridized carbons (Fsp3) is 0.545. The number of hydrogen-bond acceptors (Lipinski definition) is 3. The zero-order valence-electron chi connectivity index (χ0n) is 8.70. The van der Waals surface area contributed by atoms with E-state index in [4.69, 9.17) is 9.47 Å². The van der Waals surface area contributed by atoms with Crippen LogP contribution in [0.5, 0.6) is 5.88 Å². The molecule has 0 aromatic carbocycles. The van der Waals surface area contributed by atoms with Gasteiger partial charge in [-0.3, -0.25) is 0 Å². The van der Waals surface area contributed by atoms with Crippen LogP contribution in [-0.2, 0) is 4.74 Å². The van der Waals surface area contributed by atoms with Gasteiger partial charge in [0.1, 0.15) is 6.10 Å².